The van der Waals surface area contributed by atoms with Crippen LogP contribution in [0.25, 0.3) is 0 Å². The molecule has 0 spiro atoms. The molecule has 0 aromatic rings. The minimum Gasteiger partial charge on any atom is -0.393 e. The second-order valence-electron chi connectivity index (χ2n) is 9.40. The van der Waals surface area contributed by atoms with Crippen molar-refractivity contribution in [2.75, 3.05) is 0 Å². The van der Waals surface area contributed by atoms with Crippen LogP contribution < -0.4 is 0 Å². The molecule has 0 unspecified atom stereocenters. The number of ketones is 1. The predicted octanol–water partition coefficient (Wildman–Crippen LogP) is 4.37. The van der Waals surface area contributed by atoms with Crippen molar-refractivity contribution in [3.63, 3.8) is 0 Å². The van der Waals surface area contributed by atoms with Crippen molar-refractivity contribution in [2.24, 2.45) is 40.4 Å². The number of rotatable bonds is 1. The van der Waals surface area contributed by atoms with Crippen molar-refractivity contribution in [3.05, 3.63) is 12.7 Å². The molecule has 0 heterocycles. The summed E-state index contributed by atoms with van der Waals surface area (Å²) in [6.07, 6.45) is 10.7. The van der Waals surface area contributed by atoms with Gasteiger partial charge in [0.05, 0.1) is 6.10 Å². The molecule has 2 heteroatoms. The van der Waals surface area contributed by atoms with Gasteiger partial charge in [-0.25, -0.2) is 0 Å². The van der Waals surface area contributed by atoms with E-state index in [1.54, 1.807) is 0 Å². The van der Waals surface area contributed by atoms with Crippen LogP contribution in [0.1, 0.15) is 65.2 Å². The van der Waals surface area contributed by atoms with Gasteiger partial charge in [0.1, 0.15) is 5.78 Å². The van der Waals surface area contributed by atoms with Gasteiger partial charge in [0, 0.05) is 17.8 Å². The zero-order valence-electron chi connectivity index (χ0n) is 14.8. The topological polar surface area (TPSA) is 37.3 Å². The van der Waals surface area contributed by atoms with E-state index in [1.807, 2.05) is 6.08 Å². The molecule has 1 N–H and O–H groups in total. The summed E-state index contributed by atoms with van der Waals surface area (Å²) in [6.45, 7) is 8.79. The molecule has 4 saturated carbocycles. The molecule has 0 aliphatic heterocycles. The minimum absolute atomic E-state index is 0.0175. The van der Waals surface area contributed by atoms with Crippen LogP contribution in [0.4, 0.5) is 0 Å². The molecule has 0 aromatic heterocycles. The lowest BCUT2D eigenvalue weighted by atomic mass is 9.43. The maximum Gasteiger partial charge on any atom is 0.139 e. The zero-order chi connectivity index (χ0) is 16.4. The van der Waals surface area contributed by atoms with Gasteiger partial charge in [-0.1, -0.05) is 19.9 Å². The first kappa shape index (κ1) is 15.9. The molecule has 0 aromatic carbocycles. The Hall–Kier alpha value is -0.630. The molecule has 8 atom stereocenters. The second kappa shape index (κ2) is 5.18. The van der Waals surface area contributed by atoms with Crippen LogP contribution in [-0.4, -0.2) is 17.0 Å². The fraction of sp³-hybridized carbons (Fsp3) is 0.857. The SMILES string of the molecule is C=C[C@@H]1[C@@H](O)CC[C@@]2(C)[C@H]1CC[C@@H]1[C@@H]2CC[C@]2(C)C(=O)CC[C@@H]12. The Morgan fingerprint density at radius 1 is 1.04 bits per heavy atom. The molecule has 0 amide bonds. The van der Waals surface area contributed by atoms with Crippen LogP contribution in [0.3, 0.4) is 0 Å². The average molecular weight is 316 g/mol. The molecule has 4 aliphatic carbocycles. The molecule has 0 saturated heterocycles. The molecule has 4 rings (SSSR count). The highest BCUT2D eigenvalue weighted by Gasteiger charge is 2.61. The zero-order valence-corrected chi connectivity index (χ0v) is 14.8. The number of Topliss-reactive ketones (excluding diaryl/α,β-unsaturated/α-hetero) is 1. The standard InChI is InChI=1S/C21H32O2/c1-4-13-15-6-5-14-16-7-8-19(23)21(16,3)11-9-17(14)20(15,2)12-10-18(13)22/h4,13-18,22H,1,5-12H2,2-3H3/t13-,14-,15-,16-,17-,18-,20-,21-/m0/s1. The number of carbonyl (C=O) groups is 1. The highest BCUT2D eigenvalue weighted by Crippen LogP contribution is 2.66. The van der Waals surface area contributed by atoms with Gasteiger partial charge in [-0.05, 0) is 74.0 Å². The van der Waals surface area contributed by atoms with E-state index < -0.39 is 0 Å². The normalized spacial score (nSPS) is 55.7. The second-order valence-corrected chi connectivity index (χ2v) is 9.40. The van der Waals surface area contributed by atoms with Gasteiger partial charge in [-0.2, -0.15) is 0 Å². The van der Waals surface area contributed by atoms with Gasteiger partial charge in [0.2, 0.25) is 0 Å². The van der Waals surface area contributed by atoms with Crippen LogP contribution in [0.5, 0.6) is 0 Å². The third kappa shape index (κ3) is 2.00. The van der Waals surface area contributed by atoms with E-state index >= 15 is 0 Å². The van der Waals surface area contributed by atoms with Crippen molar-refractivity contribution in [1.29, 1.82) is 0 Å². The molecule has 0 bridgehead atoms. The number of aliphatic hydroxyl groups excluding tert-OH is 1. The van der Waals surface area contributed by atoms with Crippen LogP contribution in [0.2, 0.25) is 0 Å². The third-order valence-electron chi connectivity index (χ3n) is 8.81. The number of aliphatic hydroxyl groups is 1. The fourth-order valence-corrected chi connectivity index (χ4v) is 7.50. The maximum absolute atomic E-state index is 12.5. The van der Waals surface area contributed by atoms with Gasteiger partial charge in [0.25, 0.3) is 0 Å². The van der Waals surface area contributed by atoms with Crippen molar-refractivity contribution >= 4 is 5.78 Å². The van der Waals surface area contributed by atoms with Crippen molar-refractivity contribution < 1.29 is 9.90 Å². The van der Waals surface area contributed by atoms with E-state index in [4.69, 9.17) is 0 Å². The van der Waals surface area contributed by atoms with E-state index in [2.05, 4.69) is 20.4 Å². The third-order valence-corrected chi connectivity index (χ3v) is 8.81. The summed E-state index contributed by atoms with van der Waals surface area (Å²) in [5.74, 6) is 3.51. The molecular weight excluding hydrogens is 284 g/mol. The van der Waals surface area contributed by atoms with Gasteiger partial charge in [-0.3, -0.25) is 4.79 Å². The molecule has 4 fully saturated rings. The molecule has 0 radical (unpaired) electrons. The van der Waals surface area contributed by atoms with E-state index in [9.17, 15) is 9.90 Å². The van der Waals surface area contributed by atoms with Gasteiger partial charge in [0.15, 0.2) is 0 Å². The van der Waals surface area contributed by atoms with Gasteiger partial charge in [-0.15, -0.1) is 6.58 Å². The highest BCUT2D eigenvalue weighted by molar-refractivity contribution is 5.87. The monoisotopic (exact) mass is 316 g/mol. The lowest BCUT2D eigenvalue weighted by Gasteiger charge is -2.61. The average Bonchev–Trinajstić information content (AvgIpc) is 2.83. The van der Waals surface area contributed by atoms with Crippen LogP contribution in [-0.2, 0) is 4.79 Å². The molecule has 23 heavy (non-hydrogen) atoms. The van der Waals surface area contributed by atoms with E-state index in [0.29, 0.717) is 23.0 Å². The lowest BCUT2D eigenvalue weighted by Crippen LogP contribution is -2.56. The van der Waals surface area contributed by atoms with Crippen LogP contribution in [0, 0.1) is 40.4 Å². The largest absolute Gasteiger partial charge is 0.393 e. The number of carbonyl (C=O) groups excluding carboxylic acids is 1. The molecule has 2 nitrogen and oxygen atoms in total. The first-order chi connectivity index (χ1) is 10.9. The predicted molar refractivity (Wildman–Crippen MR) is 91.8 cm³/mol. The number of fused-ring (bicyclic) bond motifs is 5. The summed E-state index contributed by atoms with van der Waals surface area (Å²) in [6, 6.07) is 0. The number of hydrogen-bond donors (Lipinski definition) is 1. The molecule has 128 valence electrons. The molecular formula is C21H32O2. The Morgan fingerprint density at radius 2 is 1.83 bits per heavy atom. The van der Waals surface area contributed by atoms with Crippen LogP contribution in [0.15, 0.2) is 12.7 Å². The van der Waals surface area contributed by atoms with E-state index in [1.165, 1.54) is 19.3 Å². The Bertz CT molecular complexity index is 526. The first-order valence-corrected chi connectivity index (χ1v) is 9.76. The summed E-state index contributed by atoms with van der Waals surface area (Å²) in [4.78, 5) is 12.5. The maximum atomic E-state index is 12.5. The summed E-state index contributed by atoms with van der Waals surface area (Å²) >= 11 is 0. The van der Waals surface area contributed by atoms with E-state index in [-0.39, 0.29) is 17.4 Å². The summed E-state index contributed by atoms with van der Waals surface area (Å²) < 4.78 is 0. The van der Waals surface area contributed by atoms with Gasteiger partial charge >= 0.3 is 0 Å². The Kier molecular flexibility index (Phi) is 3.58. The Labute approximate surface area is 140 Å². The first-order valence-electron chi connectivity index (χ1n) is 9.76. The van der Waals surface area contributed by atoms with Gasteiger partial charge < -0.3 is 5.11 Å². The fourth-order valence-electron chi connectivity index (χ4n) is 7.50. The highest BCUT2D eigenvalue weighted by atomic mass is 16.3. The summed E-state index contributed by atoms with van der Waals surface area (Å²) in [5, 5.41) is 10.4. The van der Waals surface area contributed by atoms with Crippen molar-refractivity contribution in [1.82, 2.24) is 0 Å². The quantitative estimate of drug-likeness (QED) is 0.729. The summed E-state index contributed by atoms with van der Waals surface area (Å²) in [5.41, 5.74) is 0.324. The number of hydrogen-bond acceptors (Lipinski definition) is 2. The summed E-state index contributed by atoms with van der Waals surface area (Å²) in [7, 11) is 0. The Balaban J connectivity index is 1.66. The lowest BCUT2D eigenvalue weighted by molar-refractivity contribution is -0.148. The minimum atomic E-state index is -0.191. The van der Waals surface area contributed by atoms with Crippen molar-refractivity contribution in [2.45, 2.75) is 71.3 Å². The molecule has 4 aliphatic rings. The van der Waals surface area contributed by atoms with E-state index in [0.717, 1.165) is 43.9 Å². The smallest absolute Gasteiger partial charge is 0.139 e. The van der Waals surface area contributed by atoms with Crippen molar-refractivity contribution in [3.8, 4) is 0 Å². The van der Waals surface area contributed by atoms with Crippen LogP contribution >= 0.6 is 0 Å². The Morgan fingerprint density at radius 3 is 2.57 bits per heavy atom.